The summed E-state index contributed by atoms with van der Waals surface area (Å²) in [6.45, 7) is 0. The average molecular weight is 112 g/mol. The molecule has 0 aliphatic heterocycles. The third kappa shape index (κ3) is 0.753. The van der Waals surface area contributed by atoms with Gasteiger partial charge in [-0.3, -0.25) is 0 Å². The summed E-state index contributed by atoms with van der Waals surface area (Å²) in [7, 11) is 0. The molecule has 1 rings (SSSR count). The molecule has 1 aromatic heterocycles. The lowest BCUT2D eigenvalue weighted by Gasteiger charge is -1.91. The lowest BCUT2D eigenvalue weighted by Crippen LogP contribution is -2.29. The van der Waals surface area contributed by atoms with Crippen LogP contribution in [0.1, 0.15) is 0 Å². The van der Waals surface area contributed by atoms with Gasteiger partial charge in [0.25, 0.3) is 0 Å². The van der Waals surface area contributed by atoms with E-state index in [9.17, 15) is 9.60 Å². The van der Waals surface area contributed by atoms with E-state index in [1.807, 2.05) is 0 Å². The molecule has 0 spiro atoms. The molecule has 0 unspecified atom stereocenters. The second-order valence-electron chi connectivity index (χ2n) is 1.27. The average Bonchev–Trinajstić information content (AvgIpc) is 1.77. The number of nitrogens with zero attached hydrogens (tertiary/aromatic N) is 1. The molecule has 0 saturated carbocycles. The molecule has 0 aromatic carbocycles. The number of hydrogen-bond donors (Lipinski definition) is 0. The summed E-state index contributed by atoms with van der Waals surface area (Å²) in [6, 6.07) is 4.83. The van der Waals surface area contributed by atoms with Gasteiger partial charge in [0.15, 0.2) is 6.20 Å². The Bertz CT molecular complexity index is 169. The first-order valence-corrected chi connectivity index (χ1v) is 2.06. The first-order chi connectivity index (χ1) is 3.80. The molecule has 2 nitrogen and oxygen atoms in total. The first-order valence-electron chi connectivity index (χ1n) is 2.06. The van der Waals surface area contributed by atoms with Crippen LogP contribution < -0.4 is 4.73 Å². The molecule has 0 aliphatic carbocycles. The van der Waals surface area contributed by atoms with Crippen molar-refractivity contribution >= 4 is 0 Å². The van der Waals surface area contributed by atoms with Gasteiger partial charge in [0, 0.05) is 6.07 Å². The van der Waals surface area contributed by atoms with Crippen LogP contribution in [0.25, 0.3) is 0 Å². The van der Waals surface area contributed by atoms with Crippen molar-refractivity contribution in [2.75, 3.05) is 0 Å². The molecule has 3 heteroatoms. The van der Waals surface area contributed by atoms with Gasteiger partial charge in [-0.05, 0) is 6.07 Å². The predicted octanol–water partition coefficient (Wildman–Crippen LogP) is 0.259. The lowest BCUT2D eigenvalue weighted by atomic mass is 10.5. The van der Waals surface area contributed by atoms with Crippen LogP contribution in [0, 0.1) is 17.2 Å². The molecule has 8 heavy (non-hydrogen) atoms. The second kappa shape index (κ2) is 1.78. The van der Waals surface area contributed by atoms with Gasteiger partial charge in [0.2, 0.25) is 0 Å². The molecular weight excluding hydrogens is 109 g/mol. The Kier molecular flexibility index (Phi) is 1.12. The third-order valence-electron chi connectivity index (χ3n) is 0.714. The van der Waals surface area contributed by atoms with Crippen molar-refractivity contribution < 1.29 is 9.12 Å². The minimum absolute atomic E-state index is 0.111. The van der Waals surface area contributed by atoms with E-state index < -0.39 is 5.95 Å². The van der Waals surface area contributed by atoms with E-state index in [1.165, 1.54) is 12.1 Å². The van der Waals surface area contributed by atoms with Gasteiger partial charge in [-0.2, -0.15) is 0 Å². The molecule has 0 amide bonds. The summed E-state index contributed by atoms with van der Waals surface area (Å²) < 4.78 is 12.0. The number of pyridine rings is 1. The van der Waals surface area contributed by atoms with Gasteiger partial charge in [-0.15, -0.1) is 9.12 Å². The van der Waals surface area contributed by atoms with Crippen molar-refractivity contribution in [1.29, 1.82) is 0 Å². The highest BCUT2D eigenvalue weighted by Crippen LogP contribution is 1.82. The largest absolute Gasteiger partial charge is 0.617 e. The fourth-order valence-electron chi connectivity index (χ4n) is 0.367. The summed E-state index contributed by atoms with van der Waals surface area (Å²) in [5.41, 5.74) is 0. The quantitative estimate of drug-likeness (QED) is 0.268. The zero-order valence-corrected chi connectivity index (χ0v) is 3.97. The highest BCUT2D eigenvalue weighted by Gasteiger charge is 1.96. The molecule has 41 valence electrons. The number of rotatable bonds is 0. The minimum Gasteiger partial charge on any atom is -0.617 e. The maximum Gasteiger partial charge on any atom is 0.379 e. The van der Waals surface area contributed by atoms with Gasteiger partial charge in [0.1, 0.15) is 0 Å². The van der Waals surface area contributed by atoms with Crippen LogP contribution in [0.5, 0.6) is 0 Å². The van der Waals surface area contributed by atoms with Crippen LogP contribution in [0.3, 0.4) is 0 Å². The Morgan fingerprint density at radius 2 is 2.50 bits per heavy atom. The Hall–Kier alpha value is -1.12. The third-order valence-corrected chi connectivity index (χ3v) is 0.714. The summed E-state index contributed by atoms with van der Waals surface area (Å²) in [6.07, 6.45) is 1.08. The Labute approximate surface area is 45.8 Å². The zero-order valence-electron chi connectivity index (χ0n) is 3.97. The fourth-order valence-corrected chi connectivity index (χ4v) is 0.367. The summed E-state index contributed by atoms with van der Waals surface area (Å²) in [5, 5.41) is 10.1. The van der Waals surface area contributed by atoms with Gasteiger partial charge < -0.3 is 5.21 Å². The minimum atomic E-state index is -0.896. The molecule has 1 aromatic rings. The van der Waals surface area contributed by atoms with Crippen molar-refractivity contribution in [1.82, 2.24) is 0 Å². The predicted molar refractivity (Wildman–Crippen MR) is 24.2 cm³/mol. The monoisotopic (exact) mass is 112 g/mol. The fraction of sp³-hybridized carbons (Fsp3) is 0. The number of hydrogen-bond acceptors (Lipinski definition) is 1. The van der Waals surface area contributed by atoms with Crippen molar-refractivity contribution in [3.05, 3.63) is 35.6 Å². The molecular formula is C5H3FNO. The molecule has 0 atom stereocenters. The standard InChI is InChI=1S/C5H3FNO/c6-5-3-1-2-4-7(5)8/h1-2,4H. The topological polar surface area (TPSA) is 26.9 Å². The van der Waals surface area contributed by atoms with E-state index in [4.69, 9.17) is 0 Å². The normalized spacial score (nSPS) is 9.12. The first kappa shape index (κ1) is 5.03. The van der Waals surface area contributed by atoms with Crippen molar-refractivity contribution in [3.63, 3.8) is 0 Å². The Balaban J connectivity index is 3.13. The smallest absolute Gasteiger partial charge is 0.379 e. The van der Waals surface area contributed by atoms with E-state index >= 15 is 0 Å². The zero-order chi connectivity index (χ0) is 5.98. The maximum atomic E-state index is 11.9. The van der Waals surface area contributed by atoms with Gasteiger partial charge in [-0.1, -0.05) is 0 Å². The molecule has 0 N–H and O–H groups in total. The Morgan fingerprint density at radius 1 is 1.75 bits per heavy atom. The van der Waals surface area contributed by atoms with Crippen LogP contribution in [0.2, 0.25) is 0 Å². The second-order valence-corrected chi connectivity index (χ2v) is 1.27. The summed E-state index contributed by atoms with van der Waals surface area (Å²) >= 11 is 0. The van der Waals surface area contributed by atoms with E-state index in [0.29, 0.717) is 0 Å². The summed E-state index contributed by atoms with van der Waals surface area (Å²) in [5.74, 6) is -0.896. The van der Waals surface area contributed by atoms with Gasteiger partial charge in [0.05, 0.1) is 6.07 Å². The molecule has 1 heterocycles. The van der Waals surface area contributed by atoms with Gasteiger partial charge in [-0.25, -0.2) is 0 Å². The van der Waals surface area contributed by atoms with E-state index in [2.05, 4.69) is 6.07 Å². The van der Waals surface area contributed by atoms with Crippen molar-refractivity contribution in [2.24, 2.45) is 0 Å². The van der Waals surface area contributed by atoms with Crippen LogP contribution in [0.4, 0.5) is 4.39 Å². The Morgan fingerprint density at radius 3 is 2.88 bits per heavy atom. The molecule has 0 aliphatic rings. The maximum absolute atomic E-state index is 11.9. The molecule has 1 radical (unpaired) electrons. The van der Waals surface area contributed by atoms with E-state index in [0.717, 1.165) is 6.20 Å². The SMILES string of the molecule is [O-][n+]1ccc[c]c1F. The summed E-state index contributed by atoms with van der Waals surface area (Å²) in [4.78, 5) is 0. The molecule has 0 bridgehead atoms. The van der Waals surface area contributed by atoms with Crippen LogP contribution in [-0.2, 0) is 0 Å². The lowest BCUT2D eigenvalue weighted by molar-refractivity contribution is -0.637. The highest BCUT2D eigenvalue weighted by molar-refractivity contribution is 4.83. The van der Waals surface area contributed by atoms with Crippen LogP contribution in [-0.4, -0.2) is 0 Å². The van der Waals surface area contributed by atoms with Crippen LogP contribution >= 0.6 is 0 Å². The molecule has 0 saturated heterocycles. The van der Waals surface area contributed by atoms with E-state index in [-0.39, 0.29) is 4.73 Å². The van der Waals surface area contributed by atoms with Crippen molar-refractivity contribution in [3.8, 4) is 0 Å². The van der Waals surface area contributed by atoms with Crippen LogP contribution in [0.15, 0.2) is 18.3 Å². The molecule has 0 fully saturated rings. The number of halogens is 1. The number of aromatic nitrogens is 1. The van der Waals surface area contributed by atoms with Gasteiger partial charge >= 0.3 is 5.95 Å². The highest BCUT2D eigenvalue weighted by atomic mass is 19.1. The van der Waals surface area contributed by atoms with Crippen molar-refractivity contribution in [2.45, 2.75) is 0 Å². The van der Waals surface area contributed by atoms with E-state index in [1.54, 1.807) is 0 Å².